The zero-order chi connectivity index (χ0) is 17.4. The third-order valence-electron chi connectivity index (χ3n) is 4.74. The van der Waals surface area contributed by atoms with E-state index in [4.69, 9.17) is 9.16 Å². The second-order valence-electron chi connectivity index (χ2n) is 7.47. The first-order chi connectivity index (χ1) is 10.6. The Morgan fingerprint density at radius 1 is 1.43 bits per heavy atom. The molecule has 0 spiro atoms. The van der Waals surface area contributed by atoms with Crippen molar-refractivity contribution in [1.82, 2.24) is 9.55 Å². The van der Waals surface area contributed by atoms with Gasteiger partial charge in [-0.25, -0.2) is 9.36 Å². The molecule has 0 amide bonds. The van der Waals surface area contributed by atoms with Gasteiger partial charge in [0.15, 0.2) is 14.5 Å². The van der Waals surface area contributed by atoms with E-state index in [0.29, 0.717) is 6.42 Å². The highest BCUT2D eigenvalue weighted by Gasteiger charge is 2.45. The largest absolute Gasteiger partial charge is 0.409 e. The Morgan fingerprint density at radius 2 is 2.09 bits per heavy atom. The second-order valence-corrected chi connectivity index (χ2v) is 12.2. The molecule has 1 aliphatic heterocycles. The summed E-state index contributed by atoms with van der Waals surface area (Å²) in [6.45, 7) is 10.4. The molecule has 2 heterocycles. The van der Waals surface area contributed by atoms with E-state index in [9.17, 15) is 14.7 Å². The Balaban J connectivity index is 2.37. The fourth-order valence-electron chi connectivity index (χ4n) is 2.40. The van der Waals surface area contributed by atoms with Crippen molar-refractivity contribution >= 4 is 8.32 Å². The zero-order valence-electron chi connectivity index (χ0n) is 14.3. The van der Waals surface area contributed by atoms with Crippen LogP contribution in [0.5, 0.6) is 0 Å². The summed E-state index contributed by atoms with van der Waals surface area (Å²) >= 11 is 0. The first kappa shape index (κ1) is 18.1. The van der Waals surface area contributed by atoms with Crippen molar-refractivity contribution < 1.29 is 14.3 Å². The van der Waals surface area contributed by atoms with E-state index >= 15 is 0 Å². The molecule has 0 bridgehead atoms. The van der Waals surface area contributed by atoms with Crippen LogP contribution in [0.4, 0.5) is 0 Å². The van der Waals surface area contributed by atoms with Gasteiger partial charge in [0.2, 0.25) is 0 Å². The van der Waals surface area contributed by atoms with Crippen molar-refractivity contribution in [2.45, 2.75) is 63.8 Å². The van der Waals surface area contributed by atoms with Crippen LogP contribution in [0.2, 0.25) is 18.1 Å². The van der Waals surface area contributed by atoms with Gasteiger partial charge in [0.25, 0.3) is 5.56 Å². The Bertz CT molecular complexity index is 633. The van der Waals surface area contributed by atoms with Gasteiger partial charge in [-0.05, 0) is 18.1 Å². The minimum atomic E-state index is -2.11. The normalized spacial score (nSPS) is 25.7. The van der Waals surface area contributed by atoms with E-state index < -0.39 is 38.0 Å². The average Bonchev–Trinajstić information content (AvgIpc) is 2.79. The van der Waals surface area contributed by atoms with Crippen molar-refractivity contribution in [2.75, 3.05) is 6.61 Å². The van der Waals surface area contributed by atoms with E-state index in [1.54, 1.807) is 0 Å². The number of H-pyrrole nitrogens is 1. The van der Waals surface area contributed by atoms with Crippen LogP contribution < -0.4 is 11.2 Å². The number of aliphatic hydroxyl groups excluding tert-OH is 1. The summed E-state index contributed by atoms with van der Waals surface area (Å²) in [7, 11) is -2.11. The Morgan fingerprint density at radius 3 is 2.61 bits per heavy atom. The van der Waals surface area contributed by atoms with E-state index in [0.717, 1.165) is 4.57 Å². The first-order valence-corrected chi connectivity index (χ1v) is 10.7. The van der Waals surface area contributed by atoms with Gasteiger partial charge in [-0.15, -0.1) is 0 Å². The molecule has 0 aromatic carbocycles. The van der Waals surface area contributed by atoms with Crippen LogP contribution >= 0.6 is 0 Å². The lowest BCUT2D eigenvalue weighted by Gasteiger charge is -2.39. The molecule has 0 radical (unpaired) electrons. The van der Waals surface area contributed by atoms with Crippen LogP contribution in [0.1, 0.15) is 33.4 Å². The van der Waals surface area contributed by atoms with Gasteiger partial charge in [0.05, 0.1) is 18.8 Å². The van der Waals surface area contributed by atoms with Crippen LogP contribution in [-0.4, -0.2) is 41.8 Å². The van der Waals surface area contributed by atoms with Crippen LogP contribution in [0.15, 0.2) is 21.9 Å². The number of aromatic nitrogens is 2. The van der Waals surface area contributed by atoms with Crippen LogP contribution in [0.25, 0.3) is 0 Å². The van der Waals surface area contributed by atoms with Crippen LogP contribution in [-0.2, 0) is 9.16 Å². The molecule has 1 aromatic rings. The van der Waals surface area contributed by atoms with Crippen LogP contribution in [0, 0.1) is 0 Å². The summed E-state index contributed by atoms with van der Waals surface area (Å²) in [4.78, 5) is 26.6. The second kappa shape index (κ2) is 6.35. The van der Waals surface area contributed by atoms with Gasteiger partial charge in [-0.1, -0.05) is 20.8 Å². The van der Waals surface area contributed by atoms with Gasteiger partial charge in [0, 0.05) is 18.7 Å². The standard InChI is InChI=1S/C15H26N2O5Si/c1-15(2,3)23(4,5)22-11-8-10(9-18)21-13(11)17-12(19)6-7-16-14(17)20/h6-7,10-11,13,18H,8-9H2,1-5H3,(H,16,20)/t10-,11-,13-/m1/s1. The quantitative estimate of drug-likeness (QED) is 0.802. The number of aromatic amines is 1. The SMILES string of the molecule is CC(C)(C)[Si](C)(C)O[C@@H]1C[C@H](CO)O[C@H]1n1c(=O)cc[nH]c1=O. The third kappa shape index (κ3) is 3.65. The van der Waals surface area contributed by atoms with Crippen molar-refractivity contribution in [3.8, 4) is 0 Å². The predicted molar refractivity (Wildman–Crippen MR) is 89.0 cm³/mol. The molecule has 3 atom stereocenters. The third-order valence-corrected chi connectivity index (χ3v) is 9.25. The molecule has 8 heteroatoms. The van der Waals surface area contributed by atoms with Crippen LogP contribution in [0.3, 0.4) is 0 Å². The predicted octanol–water partition coefficient (Wildman–Crippen LogP) is 1.21. The molecule has 1 aromatic heterocycles. The smallest absolute Gasteiger partial charge is 0.330 e. The van der Waals surface area contributed by atoms with Crippen molar-refractivity contribution in [1.29, 1.82) is 0 Å². The Kier molecular flexibility index (Phi) is 5.00. The van der Waals surface area contributed by atoms with E-state index in [1.165, 1.54) is 12.3 Å². The summed E-state index contributed by atoms with van der Waals surface area (Å²) in [6.07, 6.45) is 0.0619. The zero-order valence-corrected chi connectivity index (χ0v) is 15.3. The summed E-state index contributed by atoms with van der Waals surface area (Å²) < 4.78 is 13.1. The minimum absolute atomic E-state index is 0.0110. The van der Waals surface area contributed by atoms with Gasteiger partial charge < -0.3 is 19.3 Å². The van der Waals surface area contributed by atoms with E-state index in [1.807, 2.05) is 0 Å². The number of nitrogens with zero attached hydrogens (tertiary/aromatic N) is 1. The number of nitrogens with one attached hydrogen (secondary N) is 1. The number of hydrogen-bond donors (Lipinski definition) is 2. The molecule has 23 heavy (non-hydrogen) atoms. The maximum Gasteiger partial charge on any atom is 0.330 e. The Hall–Kier alpha value is -1.22. The summed E-state index contributed by atoms with van der Waals surface area (Å²) in [5, 5.41) is 9.39. The van der Waals surface area contributed by atoms with Crippen molar-refractivity contribution in [3.63, 3.8) is 0 Å². The fraction of sp³-hybridized carbons (Fsp3) is 0.733. The van der Waals surface area contributed by atoms with Gasteiger partial charge in [0.1, 0.15) is 0 Å². The number of hydrogen-bond acceptors (Lipinski definition) is 5. The van der Waals surface area contributed by atoms with Crippen molar-refractivity contribution in [3.05, 3.63) is 33.1 Å². The molecule has 0 aliphatic carbocycles. The van der Waals surface area contributed by atoms with Crippen molar-refractivity contribution in [2.24, 2.45) is 0 Å². The van der Waals surface area contributed by atoms with Gasteiger partial charge in [-0.2, -0.15) is 0 Å². The van der Waals surface area contributed by atoms with E-state index in [2.05, 4.69) is 38.8 Å². The molecule has 1 fully saturated rings. The highest BCUT2D eigenvalue weighted by atomic mass is 28.4. The van der Waals surface area contributed by atoms with Gasteiger partial charge >= 0.3 is 5.69 Å². The van der Waals surface area contributed by atoms with E-state index in [-0.39, 0.29) is 11.6 Å². The Labute approximate surface area is 136 Å². The molecule has 2 rings (SSSR count). The topological polar surface area (TPSA) is 93.5 Å². The molecule has 1 saturated heterocycles. The maximum absolute atomic E-state index is 12.1. The molecule has 1 aliphatic rings. The maximum atomic E-state index is 12.1. The molecule has 2 N–H and O–H groups in total. The minimum Gasteiger partial charge on any atom is -0.409 e. The summed E-state index contributed by atoms with van der Waals surface area (Å²) in [5.41, 5.74) is -0.980. The first-order valence-electron chi connectivity index (χ1n) is 7.81. The molecule has 0 saturated carbocycles. The highest BCUT2D eigenvalue weighted by molar-refractivity contribution is 6.74. The lowest BCUT2D eigenvalue weighted by Crippen LogP contribution is -2.48. The monoisotopic (exact) mass is 342 g/mol. The molecule has 0 unspecified atom stereocenters. The highest BCUT2D eigenvalue weighted by Crippen LogP contribution is 2.41. The fourth-order valence-corrected chi connectivity index (χ4v) is 3.72. The lowest BCUT2D eigenvalue weighted by molar-refractivity contribution is -0.0519. The molecular weight excluding hydrogens is 316 g/mol. The molecular formula is C15H26N2O5Si. The number of rotatable bonds is 4. The summed E-state index contributed by atoms with van der Waals surface area (Å²) in [5.74, 6) is 0. The molecule has 130 valence electrons. The summed E-state index contributed by atoms with van der Waals surface area (Å²) in [6, 6.07) is 1.28. The average molecular weight is 342 g/mol. The van der Waals surface area contributed by atoms with Gasteiger partial charge in [-0.3, -0.25) is 4.79 Å². The number of ether oxygens (including phenoxy) is 1. The number of aliphatic hydroxyl groups is 1. The molecule has 7 nitrogen and oxygen atoms in total. The lowest BCUT2D eigenvalue weighted by atomic mass is 10.2.